The van der Waals surface area contributed by atoms with Crippen LogP contribution in [-0.2, 0) is 6.18 Å². The van der Waals surface area contributed by atoms with Gasteiger partial charge in [0, 0.05) is 12.4 Å². The molecule has 0 radical (unpaired) electrons. The number of rotatable bonds is 4. The van der Waals surface area contributed by atoms with E-state index in [-0.39, 0.29) is 22.7 Å². The minimum Gasteiger partial charge on any atom is -0.463 e. The highest BCUT2D eigenvalue weighted by Crippen LogP contribution is 2.34. The number of anilines is 1. The van der Waals surface area contributed by atoms with Gasteiger partial charge in [0.2, 0.25) is 0 Å². The zero-order chi connectivity index (χ0) is 23.2. The number of amides is 1. The topological polar surface area (TPSA) is 99.0 Å². The van der Waals surface area contributed by atoms with E-state index >= 15 is 0 Å². The molecule has 0 aliphatic rings. The van der Waals surface area contributed by atoms with Crippen LogP contribution in [-0.4, -0.2) is 25.8 Å². The highest BCUT2D eigenvalue weighted by Gasteiger charge is 2.31. The molecule has 0 saturated heterocycles. The summed E-state index contributed by atoms with van der Waals surface area (Å²) in [5.41, 5.74) is 0.218. The Bertz CT molecular complexity index is 1450. The molecule has 0 atom stereocenters. The maximum Gasteiger partial charge on any atom is 0.416 e. The lowest BCUT2D eigenvalue weighted by Gasteiger charge is -2.15. The predicted molar refractivity (Wildman–Crippen MR) is 111 cm³/mol. The number of carbonyl (C=O) groups excluding carboxylic acids is 1. The molecule has 0 aliphatic carbocycles. The number of aromatic nitrogens is 4. The Morgan fingerprint density at radius 3 is 2.70 bits per heavy atom. The Labute approximate surface area is 183 Å². The van der Waals surface area contributed by atoms with Gasteiger partial charge in [0.25, 0.3) is 11.6 Å². The van der Waals surface area contributed by atoms with Gasteiger partial charge in [-0.2, -0.15) is 18.3 Å². The fourth-order valence-electron chi connectivity index (χ4n) is 3.44. The van der Waals surface area contributed by atoms with Crippen molar-refractivity contribution in [2.24, 2.45) is 0 Å². The number of carbonyl (C=O) groups is 1. The van der Waals surface area contributed by atoms with Crippen LogP contribution >= 0.6 is 0 Å². The van der Waals surface area contributed by atoms with Crippen molar-refractivity contribution in [3.05, 3.63) is 77.9 Å². The molecule has 1 aromatic carbocycles. The molecule has 5 rings (SSSR count). The number of benzene rings is 1. The smallest absolute Gasteiger partial charge is 0.416 e. The second-order valence-electron chi connectivity index (χ2n) is 7.11. The standard InChI is InChI=1S/C22H14F3N5O3/c1-12-19-14(11-16(18-4-2-9-32-18)28-21(19)33-29-12)20(31)27-15-10-13(22(23,24)25)5-6-17(15)30-8-3-7-26-30/h2-11H,1H3,(H,27,31). The highest BCUT2D eigenvalue weighted by atomic mass is 19.4. The Hall–Kier alpha value is -4.41. The molecule has 8 nitrogen and oxygen atoms in total. The normalized spacial score (nSPS) is 11.8. The first-order valence-electron chi connectivity index (χ1n) is 9.65. The SMILES string of the molecule is Cc1noc2nc(-c3ccco3)cc(C(=O)Nc3cc(C(F)(F)F)ccc3-n3cccn3)c12. The van der Waals surface area contributed by atoms with Crippen LogP contribution in [0.3, 0.4) is 0 Å². The molecule has 1 N–H and O–H groups in total. The second-order valence-corrected chi connectivity index (χ2v) is 7.11. The van der Waals surface area contributed by atoms with Crippen LogP contribution in [0.1, 0.15) is 21.6 Å². The molecule has 0 saturated carbocycles. The van der Waals surface area contributed by atoms with Crippen molar-refractivity contribution in [2.75, 3.05) is 5.32 Å². The molecule has 0 spiro atoms. The average molecular weight is 453 g/mol. The third-order valence-electron chi connectivity index (χ3n) is 4.96. The van der Waals surface area contributed by atoms with Crippen molar-refractivity contribution in [1.82, 2.24) is 19.9 Å². The molecule has 0 fully saturated rings. The van der Waals surface area contributed by atoms with Gasteiger partial charge in [0.1, 0.15) is 5.69 Å². The first kappa shape index (κ1) is 20.5. The van der Waals surface area contributed by atoms with Gasteiger partial charge in [-0.25, -0.2) is 9.67 Å². The molecule has 11 heteroatoms. The van der Waals surface area contributed by atoms with Gasteiger partial charge in [-0.05, 0) is 49.4 Å². The van der Waals surface area contributed by atoms with Crippen molar-refractivity contribution < 1.29 is 26.9 Å². The van der Waals surface area contributed by atoms with Crippen molar-refractivity contribution in [2.45, 2.75) is 13.1 Å². The van der Waals surface area contributed by atoms with Gasteiger partial charge in [-0.1, -0.05) is 5.16 Å². The van der Waals surface area contributed by atoms with Crippen LogP contribution in [0.25, 0.3) is 28.2 Å². The summed E-state index contributed by atoms with van der Waals surface area (Å²) in [6, 6.07) is 9.44. The minimum atomic E-state index is -4.59. The first-order chi connectivity index (χ1) is 15.8. The first-order valence-corrected chi connectivity index (χ1v) is 9.65. The largest absolute Gasteiger partial charge is 0.463 e. The number of nitrogens with zero attached hydrogens (tertiary/aromatic N) is 4. The molecular formula is C22H14F3N5O3. The summed E-state index contributed by atoms with van der Waals surface area (Å²) in [6.07, 6.45) is -0.108. The zero-order valence-corrected chi connectivity index (χ0v) is 16.9. The lowest BCUT2D eigenvalue weighted by atomic mass is 10.1. The quantitative estimate of drug-likeness (QED) is 0.399. The van der Waals surface area contributed by atoms with Crippen LogP contribution in [0, 0.1) is 6.92 Å². The Balaban J connectivity index is 1.62. The Kier molecular flexibility index (Phi) is 4.73. The van der Waals surface area contributed by atoms with E-state index in [2.05, 4.69) is 20.6 Å². The fraction of sp³-hybridized carbons (Fsp3) is 0.0909. The van der Waals surface area contributed by atoms with Crippen molar-refractivity contribution in [3.63, 3.8) is 0 Å². The van der Waals surface area contributed by atoms with E-state index in [9.17, 15) is 18.0 Å². The summed E-state index contributed by atoms with van der Waals surface area (Å²) < 4.78 is 52.0. The number of halogens is 3. The molecule has 1 amide bonds. The maximum atomic E-state index is 13.4. The number of fused-ring (bicyclic) bond motifs is 1. The molecule has 4 aromatic heterocycles. The molecule has 33 heavy (non-hydrogen) atoms. The lowest BCUT2D eigenvalue weighted by molar-refractivity contribution is -0.137. The zero-order valence-electron chi connectivity index (χ0n) is 16.9. The van der Waals surface area contributed by atoms with Gasteiger partial charge in [0.05, 0.1) is 39.8 Å². The van der Waals surface area contributed by atoms with Gasteiger partial charge < -0.3 is 14.3 Å². The molecule has 0 bridgehead atoms. The summed E-state index contributed by atoms with van der Waals surface area (Å²) in [4.78, 5) is 17.7. The minimum absolute atomic E-state index is 0.0721. The fourth-order valence-corrected chi connectivity index (χ4v) is 3.44. The summed E-state index contributed by atoms with van der Waals surface area (Å²) in [5, 5.41) is 10.8. The molecule has 5 aromatic rings. The molecule has 0 aliphatic heterocycles. The number of nitrogens with one attached hydrogen (secondary N) is 1. The molecule has 0 unspecified atom stereocenters. The van der Waals surface area contributed by atoms with E-state index in [1.54, 1.807) is 31.3 Å². The number of alkyl halides is 3. The van der Waals surface area contributed by atoms with Gasteiger partial charge >= 0.3 is 6.18 Å². The summed E-state index contributed by atoms with van der Waals surface area (Å²) >= 11 is 0. The second kappa shape index (κ2) is 7.62. The van der Waals surface area contributed by atoms with E-state index in [4.69, 9.17) is 8.94 Å². The lowest BCUT2D eigenvalue weighted by Crippen LogP contribution is -2.16. The van der Waals surface area contributed by atoms with E-state index < -0.39 is 17.6 Å². The Morgan fingerprint density at radius 2 is 2.00 bits per heavy atom. The van der Waals surface area contributed by atoms with E-state index in [0.717, 1.165) is 12.1 Å². The number of furan rings is 1. The maximum absolute atomic E-state index is 13.4. The summed E-state index contributed by atoms with van der Waals surface area (Å²) in [7, 11) is 0. The van der Waals surface area contributed by atoms with Gasteiger partial charge in [-0.15, -0.1) is 0 Å². The van der Waals surface area contributed by atoms with Crippen LogP contribution in [0.2, 0.25) is 0 Å². The third kappa shape index (κ3) is 3.73. The van der Waals surface area contributed by atoms with Crippen LogP contribution in [0.5, 0.6) is 0 Å². The van der Waals surface area contributed by atoms with Crippen molar-refractivity contribution in [3.8, 4) is 17.1 Å². The number of pyridine rings is 1. The van der Waals surface area contributed by atoms with E-state index in [1.165, 1.54) is 29.3 Å². The van der Waals surface area contributed by atoms with Crippen LogP contribution in [0.4, 0.5) is 18.9 Å². The van der Waals surface area contributed by atoms with Gasteiger partial charge in [-0.3, -0.25) is 4.79 Å². The Morgan fingerprint density at radius 1 is 1.15 bits per heavy atom. The van der Waals surface area contributed by atoms with Crippen molar-refractivity contribution in [1.29, 1.82) is 0 Å². The number of hydrogen-bond donors (Lipinski definition) is 1. The van der Waals surface area contributed by atoms with Crippen LogP contribution in [0.15, 0.2) is 70.1 Å². The molecule has 166 valence electrons. The average Bonchev–Trinajstić information content (AvgIpc) is 3.55. The monoisotopic (exact) mass is 453 g/mol. The van der Waals surface area contributed by atoms with E-state index in [0.29, 0.717) is 22.5 Å². The highest BCUT2D eigenvalue weighted by molar-refractivity contribution is 6.13. The van der Waals surface area contributed by atoms with Crippen molar-refractivity contribution >= 4 is 22.7 Å². The number of hydrogen-bond acceptors (Lipinski definition) is 6. The molecular weight excluding hydrogens is 439 g/mol. The third-order valence-corrected chi connectivity index (χ3v) is 4.96. The summed E-state index contributed by atoms with van der Waals surface area (Å²) in [5.74, 6) is -0.287. The number of aryl methyl sites for hydroxylation is 1. The van der Waals surface area contributed by atoms with Gasteiger partial charge in [0.15, 0.2) is 5.76 Å². The molecule has 4 heterocycles. The van der Waals surface area contributed by atoms with E-state index in [1.807, 2.05) is 0 Å². The van der Waals surface area contributed by atoms with Crippen LogP contribution < -0.4 is 5.32 Å². The predicted octanol–water partition coefficient (Wildman–Crippen LogP) is 5.25. The summed E-state index contributed by atoms with van der Waals surface area (Å²) in [6.45, 7) is 1.64.